The van der Waals surface area contributed by atoms with Gasteiger partial charge in [-0.3, -0.25) is 0 Å². The van der Waals surface area contributed by atoms with Crippen LogP contribution < -0.4 is 0 Å². The Morgan fingerprint density at radius 2 is 2.28 bits per heavy atom. The first-order chi connectivity index (χ1) is 8.63. The lowest BCUT2D eigenvalue weighted by Crippen LogP contribution is -2.07. The van der Waals surface area contributed by atoms with Gasteiger partial charge < -0.3 is 4.74 Å². The van der Waals surface area contributed by atoms with Gasteiger partial charge in [-0.2, -0.15) is 5.10 Å². The SMILES string of the molecule is CCOC(=O)c1cnn(-c2cccc(Br)n2)c1C. The molecule has 0 atom stereocenters. The van der Waals surface area contributed by atoms with Crippen LogP contribution in [0.25, 0.3) is 5.82 Å². The van der Waals surface area contributed by atoms with E-state index in [1.807, 2.05) is 25.1 Å². The molecule has 0 amide bonds. The summed E-state index contributed by atoms with van der Waals surface area (Å²) in [4.78, 5) is 16.0. The van der Waals surface area contributed by atoms with Gasteiger partial charge in [0.25, 0.3) is 0 Å². The van der Waals surface area contributed by atoms with E-state index in [-0.39, 0.29) is 5.97 Å². The van der Waals surface area contributed by atoms with Crippen molar-refractivity contribution < 1.29 is 9.53 Å². The zero-order valence-corrected chi connectivity index (χ0v) is 11.6. The second kappa shape index (κ2) is 5.30. The zero-order valence-electron chi connectivity index (χ0n) is 10.1. The minimum absolute atomic E-state index is 0.346. The summed E-state index contributed by atoms with van der Waals surface area (Å²) in [6.45, 7) is 3.92. The summed E-state index contributed by atoms with van der Waals surface area (Å²) in [5, 5.41) is 4.16. The van der Waals surface area contributed by atoms with Crippen LogP contribution >= 0.6 is 15.9 Å². The van der Waals surface area contributed by atoms with Crippen LogP contribution in [0.1, 0.15) is 23.0 Å². The van der Waals surface area contributed by atoms with Crippen molar-refractivity contribution in [2.75, 3.05) is 6.61 Å². The van der Waals surface area contributed by atoms with Crippen LogP contribution in [-0.4, -0.2) is 27.3 Å². The van der Waals surface area contributed by atoms with Gasteiger partial charge in [-0.1, -0.05) is 6.07 Å². The molecule has 6 heteroatoms. The topological polar surface area (TPSA) is 57.0 Å². The third-order valence-corrected chi connectivity index (χ3v) is 2.86. The second-order valence-corrected chi connectivity index (χ2v) is 4.41. The van der Waals surface area contributed by atoms with Gasteiger partial charge >= 0.3 is 5.97 Å². The lowest BCUT2D eigenvalue weighted by atomic mass is 10.2. The third kappa shape index (κ3) is 2.43. The highest BCUT2D eigenvalue weighted by Gasteiger charge is 2.16. The number of nitrogens with zero attached hydrogens (tertiary/aromatic N) is 3. The molecule has 5 nitrogen and oxygen atoms in total. The molecule has 0 saturated heterocycles. The number of halogens is 1. The number of aromatic nitrogens is 3. The van der Waals surface area contributed by atoms with Gasteiger partial charge in [0, 0.05) is 0 Å². The second-order valence-electron chi connectivity index (χ2n) is 3.59. The van der Waals surface area contributed by atoms with Crippen LogP contribution in [0.5, 0.6) is 0 Å². The number of carbonyl (C=O) groups excluding carboxylic acids is 1. The highest BCUT2D eigenvalue weighted by Crippen LogP contribution is 2.15. The molecular weight excluding hydrogens is 298 g/mol. The molecule has 0 unspecified atom stereocenters. The Morgan fingerprint density at radius 1 is 1.50 bits per heavy atom. The molecular formula is C12H12BrN3O2. The smallest absolute Gasteiger partial charge is 0.341 e. The Labute approximate surface area is 113 Å². The molecule has 0 spiro atoms. The van der Waals surface area contributed by atoms with Crippen molar-refractivity contribution in [3.05, 3.63) is 40.3 Å². The summed E-state index contributed by atoms with van der Waals surface area (Å²) in [7, 11) is 0. The van der Waals surface area contributed by atoms with E-state index in [9.17, 15) is 4.79 Å². The van der Waals surface area contributed by atoms with Crippen molar-refractivity contribution in [1.29, 1.82) is 0 Å². The van der Waals surface area contributed by atoms with Gasteiger partial charge in [0.15, 0.2) is 5.82 Å². The fraction of sp³-hybridized carbons (Fsp3) is 0.250. The van der Waals surface area contributed by atoms with E-state index in [0.29, 0.717) is 28.3 Å². The molecule has 0 aliphatic rings. The Morgan fingerprint density at radius 3 is 2.94 bits per heavy atom. The molecule has 0 aliphatic carbocycles. The Bertz CT molecular complexity index is 580. The number of hydrogen-bond acceptors (Lipinski definition) is 4. The first-order valence-electron chi connectivity index (χ1n) is 5.48. The Hall–Kier alpha value is -1.69. The quantitative estimate of drug-likeness (QED) is 0.646. The molecule has 0 aromatic carbocycles. The molecule has 0 bridgehead atoms. The molecule has 2 heterocycles. The fourth-order valence-corrected chi connectivity index (χ4v) is 1.90. The molecule has 2 aromatic heterocycles. The van der Waals surface area contributed by atoms with Crippen molar-refractivity contribution in [3.8, 4) is 5.82 Å². The van der Waals surface area contributed by atoms with Gasteiger partial charge in [-0.15, -0.1) is 0 Å². The summed E-state index contributed by atoms with van der Waals surface area (Å²) < 4.78 is 7.28. The molecule has 18 heavy (non-hydrogen) atoms. The van der Waals surface area contributed by atoms with E-state index in [4.69, 9.17) is 4.74 Å². The minimum Gasteiger partial charge on any atom is -0.462 e. The molecule has 94 valence electrons. The van der Waals surface area contributed by atoms with E-state index < -0.39 is 0 Å². The van der Waals surface area contributed by atoms with Gasteiger partial charge in [0.2, 0.25) is 0 Å². The number of pyridine rings is 1. The van der Waals surface area contributed by atoms with E-state index in [0.717, 1.165) is 0 Å². The van der Waals surface area contributed by atoms with Crippen molar-refractivity contribution >= 4 is 21.9 Å². The van der Waals surface area contributed by atoms with Gasteiger partial charge in [-0.05, 0) is 41.9 Å². The number of carbonyl (C=O) groups is 1. The fourth-order valence-electron chi connectivity index (χ4n) is 1.57. The van der Waals surface area contributed by atoms with E-state index >= 15 is 0 Å². The summed E-state index contributed by atoms with van der Waals surface area (Å²) in [5.41, 5.74) is 1.16. The molecule has 0 fully saturated rings. The summed E-state index contributed by atoms with van der Waals surface area (Å²) >= 11 is 3.30. The lowest BCUT2D eigenvalue weighted by molar-refractivity contribution is 0.0525. The van der Waals surface area contributed by atoms with Gasteiger partial charge in [0.1, 0.15) is 10.2 Å². The number of rotatable bonds is 3. The summed E-state index contributed by atoms with van der Waals surface area (Å²) in [6, 6.07) is 5.51. The van der Waals surface area contributed by atoms with E-state index in [1.165, 1.54) is 6.20 Å². The largest absolute Gasteiger partial charge is 0.462 e. The monoisotopic (exact) mass is 309 g/mol. The van der Waals surface area contributed by atoms with Crippen LogP contribution in [0, 0.1) is 6.92 Å². The molecule has 0 aliphatic heterocycles. The highest BCUT2D eigenvalue weighted by molar-refractivity contribution is 9.10. The maximum Gasteiger partial charge on any atom is 0.341 e. The predicted molar refractivity (Wildman–Crippen MR) is 69.8 cm³/mol. The first-order valence-corrected chi connectivity index (χ1v) is 6.27. The third-order valence-electron chi connectivity index (χ3n) is 2.42. The summed E-state index contributed by atoms with van der Waals surface area (Å²) in [6.07, 6.45) is 1.50. The standard InChI is InChI=1S/C12H12BrN3O2/c1-3-18-12(17)9-7-14-16(8(9)2)11-6-4-5-10(13)15-11/h4-7H,3H2,1-2H3. The van der Waals surface area contributed by atoms with E-state index in [1.54, 1.807) is 11.6 Å². The summed E-state index contributed by atoms with van der Waals surface area (Å²) in [5.74, 6) is 0.286. The average Bonchev–Trinajstić information content (AvgIpc) is 2.71. The van der Waals surface area contributed by atoms with Gasteiger partial charge in [0.05, 0.1) is 18.5 Å². The highest BCUT2D eigenvalue weighted by atomic mass is 79.9. The van der Waals surface area contributed by atoms with Crippen molar-refractivity contribution in [2.45, 2.75) is 13.8 Å². The lowest BCUT2D eigenvalue weighted by Gasteiger charge is -2.04. The molecule has 0 N–H and O–H groups in total. The maximum atomic E-state index is 11.7. The van der Waals surface area contributed by atoms with Crippen molar-refractivity contribution in [1.82, 2.24) is 14.8 Å². The number of hydrogen-bond donors (Lipinski definition) is 0. The normalized spacial score (nSPS) is 10.4. The van der Waals surface area contributed by atoms with Crippen molar-refractivity contribution in [3.63, 3.8) is 0 Å². The average molecular weight is 310 g/mol. The molecule has 0 saturated carbocycles. The van der Waals surface area contributed by atoms with Crippen LogP contribution in [0.15, 0.2) is 29.0 Å². The molecule has 0 radical (unpaired) electrons. The van der Waals surface area contributed by atoms with Gasteiger partial charge in [-0.25, -0.2) is 14.5 Å². The van der Waals surface area contributed by atoms with Crippen LogP contribution in [-0.2, 0) is 4.74 Å². The van der Waals surface area contributed by atoms with Crippen molar-refractivity contribution in [2.24, 2.45) is 0 Å². The first kappa shape index (κ1) is 12.8. The van der Waals surface area contributed by atoms with Crippen LogP contribution in [0.3, 0.4) is 0 Å². The zero-order chi connectivity index (χ0) is 13.1. The Kier molecular flexibility index (Phi) is 3.76. The van der Waals surface area contributed by atoms with E-state index in [2.05, 4.69) is 26.0 Å². The predicted octanol–water partition coefficient (Wildman–Crippen LogP) is 2.51. The van der Waals surface area contributed by atoms with Crippen LogP contribution in [0.4, 0.5) is 0 Å². The van der Waals surface area contributed by atoms with Crippen LogP contribution in [0.2, 0.25) is 0 Å². The maximum absolute atomic E-state index is 11.7. The Balaban J connectivity index is 2.39. The minimum atomic E-state index is -0.365. The molecule has 2 aromatic rings. The number of esters is 1. The molecule has 2 rings (SSSR count). The number of ether oxygens (including phenoxy) is 1.